The molecule has 0 amide bonds. The maximum absolute atomic E-state index is 11.5. The summed E-state index contributed by atoms with van der Waals surface area (Å²) in [5, 5.41) is 11.5. The van der Waals surface area contributed by atoms with Crippen LogP contribution in [-0.2, 0) is 11.8 Å². The third-order valence-corrected chi connectivity index (χ3v) is 12.4. The molecule has 6 saturated carbocycles. The van der Waals surface area contributed by atoms with E-state index in [-0.39, 0.29) is 0 Å². The molecule has 1 unspecified atom stereocenters. The molecule has 1 N–H and O–H groups in total. The second-order valence-electron chi connectivity index (χ2n) is 13.6. The summed E-state index contributed by atoms with van der Waals surface area (Å²) in [6.07, 6.45) is 16.8. The summed E-state index contributed by atoms with van der Waals surface area (Å²) in [5.74, 6) is 7.01. The van der Waals surface area contributed by atoms with Crippen molar-refractivity contribution in [3.63, 3.8) is 0 Å². The zero-order chi connectivity index (χ0) is 21.1. The van der Waals surface area contributed by atoms with Gasteiger partial charge in [-0.25, -0.2) is 0 Å². The number of aromatic hydroxyl groups is 1. The SMILES string of the molecule is Cc1c(O)c(C23CC4CC(CC(C4)C2)C3)cc2c1CC[C@@H]1[C@@H]2CC[C@]2(C)C(C)CC[C@@H]12. The molecule has 0 heterocycles. The zero-order valence-electron chi connectivity index (χ0n) is 20.1. The molecule has 0 spiro atoms. The summed E-state index contributed by atoms with van der Waals surface area (Å²) < 4.78 is 0. The van der Waals surface area contributed by atoms with Crippen LogP contribution in [0.15, 0.2) is 6.07 Å². The normalized spacial score (nSPS) is 49.6. The van der Waals surface area contributed by atoms with Crippen molar-refractivity contribution in [2.24, 2.45) is 40.9 Å². The highest BCUT2D eigenvalue weighted by Gasteiger charge is 2.55. The quantitative estimate of drug-likeness (QED) is 0.496. The van der Waals surface area contributed by atoms with E-state index in [2.05, 4.69) is 26.8 Å². The van der Waals surface area contributed by atoms with Crippen LogP contribution in [0.5, 0.6) is 5.75 Å². The second-order valence-corrected chi connectivity index (χ2v) is 13.6. The second kappa shape index (κ2) is 6.32. The van der Waals surface area contributed by atoms with Gasteiger partial charge in [0.2, 0.25) is 0 Å². The number of fused-ring (bicyclic) bond motifs is 5. The first-order valence-electron chi connectivity index (χ1n) is 13.7. The Morgan fingerprint density at radius 3 is 2.29 bits per heavy atom. The lowest BCUT2D eigenvalue weighted by Gasteiger charge is -2.57. The van der Waals surface area contributed by atoms with Gasteiger partial charge in [-0.1, -0.05) is 19.9 Å². The van der Waals surface area contributed by atoms with Crippen molar-refractivity contribution in [2.45, 2.75) is 109 Å². The molecule has 31 heavy (non-hydrogen) atoms. The molecule has 8 rings (SSSR count). The highest BCUT2D eigenvalue weighted by molar-refractivity contribution is 5.55. The monoisotopic (exact) mass is 418 g/mol. The molecule has 0 radical (unpaired) electrons. The van der Waals surface area contributed by atoms with Crippen molar-refractivity contribution in [2.75, 3.05) is 0 Å². The Morgan fingerprint density at radius 1 is 0.935 bits per heavy atom. The molecule has 168 valence electrons. The number of hydrogen-bond acceptors (Lipinski definition) is 1. The van der Waals surface area contributed by atoms with Gasteiger partial charge in [0.25, 0.3) is 0 Å². The van der Waals surface area contributed by atoms with Gasteiger partial charge < -0.3 is 5.11 Å². The van der Waals surface area contributed by atoms with Crippen LogP contribution in [0.2, 0.25) is 0 Å². The summed E-state index contributed by atoms with van der Waals surface area (Å²) >= 11 is 0. The van der Waals surface area contributed by atoms with E-state index in [1.54, 1.807) is 11.1 Å². The summed E-state index contributed by atoms with van der Waals surface area (Å²) in [6.45, 7) is 7.41. The number of benzene rings is 1. The van der Waals surface area contributed by atoms with Gasteiger partial charge >= 0.3 is 0 Å². The predicted molar refractivity (Wildman–Crippen MR) is 126 cm³/mol. The van der Waals surface area contributed by atoms with Crippen LogP contribution in [0.25, 0.3) is 0 Å². The molecule has 1 aromatic carbocycles. The van der Waals surface area contributed by atoms with Crippen LogP contribution in [0.4, 0.5) is 0 Å². The molecule has 5 atom stereocenters. The highest BCUT2D eigenvalue weighted by atomic mass is 16.3. The van der Waals surface area contributed by atoms with Crippen LogP contribution in [0.3, 0.4) is 0 Å². The van der Waals surface area contributed by atoms with E-state index in [0.717, 1.165) is 41.4 Å². The minimum atomic E-state index is 0.302. The Hall–Kier alpha value is -0.980. The summed E-state index contributed by atoms with van der Waals surface area (Å²) in [4.78, 5) is 0. The summed E-state index contributed by atoms with van der Waals surface area (Å²) in [5.41, 5.74) is 6.79. The molecule has 7 aliphatic rings. The van der Waals surface area contributed by atoms with E-state index < -0.39 is 0 Å². The minimum absolute atomic E-state index is 0.302. The van der Waals surface area contributed by atoms with E-state index in [4.69, 9.17) is 0 Å². The maximum Gasteiger partial charge on any atom is 0.122 e. The predicted octanol–water partition coefficient (Wildman–Crippen LogP) is 7.66. The van der Waals surface area contributed by atoms with E-state index in [9.17, 15) is 5.11 Å². The fourth-order valence-corrected chi connectivity index (χ4v) is 11.0. The van der Waals surface area contributed by atoms with Gasteiger partial charge in [-0.05, 0) is 153 Å². The molecule has 0 aliphatic heterocycles. The molecule has 1 nitrogen and oxygen atoms in total. The third kappa shape index (κ3) is 2.50. The van der Waals surface area contributed by atoms with Crippen molar-refractivity contribution < 1.29 is 5.11 Å². The first kappa shape index (κ1) is 19.5. The van der Waals surface area contributed by atoms with Gasteiger partial charge in [0.15, 0.2) is 0 Å². The van der Waals surface area contributed by atoms with E-state index in [0.29, 0.717) is 16.6 Å². The molecule has 0 aromatic heterocycles. The summed E-state index contributed by atoms with van der Waals surface area (Å²) in [6, 6.07) is 2.61. The lowest BCUT2D eigenvalue weighted by atomic mass is 9.47. The first-order valence-corrected chi connectivity index (χ1v) is 13.7. The van der Waals surface area contributed by atoms with E-state index in [1.807, 2.05) is 0 Å². The van der Waals surface area contributed by atoms with Crippen LogP contribution in [-0.4, -0.2) is 5.11 Å². The lowest BCUT2D eigenvalue weighted by Crippen LogP contribution is -2.48. The van der Waals surface area contributed by atoms with E-state index in [1.165, 1.54) is 88.2 Å². The third-order valence-electron chi connectivity index (χ3n) is 12.4. The van der Waals surface area contributed by atoms with Gasteiger partial charge in [0.1, 0.15) is 5.75 Å². The van der Waals surface area contributed by atoms with Crippen molar-refractivity contribution in [1.29, 1.82) is 0 Å². The minimum Gasteiger partial charge on any atom is -0.507 e. The van der Waals surface area contributed by atoms with Gasteiger partial charge in [-0.15, -0.1) is 0 Å². The molecule has 1 aromatic rings. The Kier molecular flexibility index (Phi) is 3.98. The van der Waals surface area contributed by atoms with Gasteiger partial charge in [0, 0.05) is 5.56 Å². The largest absolute Gasteiger partial charge is 0.507 e. The standard InChI is InChI=1S/C30H42O/c1-17-4-7-26-24-6-5-22-18(2)28(31)27(13-25(22)23(24)8-9-29(17,26)3)30-14-19-10-20(15-30)12-21(11-19)16-30/h13,17,19-21,23-24,26,31H,4-12,14-16H2,1-3H3/t17?,19?,20?,21?,23-,24+,26-,29+,30?/m0/s1. The number of phenolic OH excluding ortho intramolecular Hbond substituents is 1. The average molecular weight is 419 g/mol. The zero-order valence-corrected chi connectivity index (χ0v) is 20.1. The van der Waals surface area contributed by atoms with Crippen LogP contribution in [0, 0.1) is 47.8 Å². The number of rotatable bonds is 1. The van der Waals surface area contributed by atoms with Gasteiger partial charge in [-0.3, -0.25) is 0 Å². The molecule has 7 aliphatic carbocycles. The molecule has 0 saturated heterocycles. The smallest absolute Gasteiger partial charge is 0.122 e. The fraction of sp³-hybridized carbons (Fsp3) is 0.800. The van der Waals surface area contributed by atoms with Crippen molar-refractivity contribution >= 4 is 0 Å². The Morgan fingerprint density at radius 2 is 1.61 bits per heavy atom. The molecular weight excluding hydrogens is 376 g/mol. The maximum atomic E-state index is 11.5. The summed E-state index contributed by atoms with van der Waals surface area (Å²) in [7, 11) is 0. The topological polar surface area (TPSA) is 20.2 Å². The molecule has 4 bridgehead atoms. The van der Waals surface area contributed by atoms with E-state index >= 15 is 0 Å². The van der Waals surface area contributed by atoms with Crippen LogP contribution < -0.4 is 0 Å². The van der Waals surface area contributed by atoms with Gasteiger partial charge in [-0.2, -0.15) is 0 Å². The Bertz CT molecular complexity index is 892. The molecule has 6 fully saturated rings. The average Bonchev–Trinajstić information content (AvgIpc) is 3.04. The molecule has 1 heteroatoms. The van der Waals surface area contributed by atoms with Crippen LogP contribution >= 0.6 is 0 Å². The Balaban J connectivity index is 1.32. The number of phenols is 1. The number of hydrogen-bond donors (Lipinski definition) is 1. The lowest BCUT2D eigenvalue weighted by molar-refractivity contribution is -0.00643. The Labute approximate surface area is 189 Å². The molecular formula is C30H42O. The first-order chi connectivity index (χ1) is 14.9. The highest BCUT2D eigenvalue weighted by Crippen LogP contribution is 2.65. The fourth-order valence-electron chi connectivity index (χ4n) is 11.0. The van der Waals surface area contributed by atoms with Crippen molar-refractivity contribution in [1.82, 2.24) is 0 Å². The van der Waals surface area contributed by atoms with Gasteiger partial charge in [0.05, 0.1) is 0 Å². The van der Waals surface area contributed by atoms with Crippen molar-refractivity contribution in [3.8, 4) is 5.75 Å². The van der Waals surface area contributed by atoms with Crippen LogP contribution in [0.1, 0.15) is 113 Å². The van der Waals surface area contributed by atoms with Crippen molar-refractivity contribution in [3.05, 3.63) is 28.3 Å².